The summed E-state index contributed by atoms with van der Waals surface area (Å²) in [5.74, 6) is 0.891. The molecular weight excluding hydrogens is 374 g/mol. The zero-order valence-corrected chi connectivity index (χ0v) is 16.2. The molecule has 0 spiro atoms. The molecule has 1 fully saturated rings. The van der Waals surface area contributed by atoms with Crippen molar-refractivity contribution in [3.63, 3.8) is 0 Å². The van der Waals surface area contributed by atoms with Crippen LogP contribution in [0.3, 0.4) is 0 Å². The number of ether oxygens (including phenoxy) is 3. The molecule has 0 bridgehead atoms. The number of amides is 1. The standard InChI is InChI=1S/C17H25N3O6S/c1-27(22,23)20(14-2-3-15-16(12-14)26-13-25-15)6-4-17(21)18-5-7-19-8-10-24-11-9-19/h2-3,12H,4-11,13H2,1H3,(H,18,21). The Balaban J connectivity index is 1.52. The predicted molar refractivity (Wildman–Crippen MR) is 99.6 cm³/mol. The normalized spacial score (nSPS) is 16.9. The van der Waals surface area contributed by atoms with Crippen molar-refractivity contribution in [2.24, 2.45) is 0 Å². The highest BCUT2D eigenvalue weighted by molar-refractivity contribution is 7.92. The molecule has 2 aliphatic rings. The van der Waals surface area contributed by atoms with Crippen LogP contribution in [0.4, 0.5) is 5.69 Å². The Bertz CT molecular complexity index is 764. The van der Waals surface area contributed by atoms with Crippen LogP contribution >= 0.6 is 0 Å². The summed E-state index contributed by atoms with van der Waals surface area (Å²) in [5.41, 5.74) is 0.447. The summed E-state index contributed by atoms with van der Waals surface area (Å²) in [6.45, 7) is 4.61. The Morgan fingerprint density at radius 3 is 2.70 bits per heavy atom. The number of hydrogen-bond donors (Lipinski definition) is 1. The van der Waals surface area contributed by atoms with Crippen molar-refractivity contribution in [1.82, 2.24) is 10.2 Å². The van der Waals surface area contributed by atoms with Gasteiger partial charge in [0.05, 0.1) is 25.2 Å². The number of morpholine rings is 1. The second-order valence-corrected chi connectivity index (χ2v) is 8.33. The van der Waals surface area contributed by atoms with E-state index in [-0.39, 0.29) is 25.7 Å². The molecule has 0 aromatic heterocycles. The molecule has 10 heteroatoms. The van der Waals surface area contributed by atoms with Crippen molar-refractivity contribution < 1.29 is 27.4 Å². The van der Waals surface area contributed by atoms with Crippen molar-refractivity contribution >= 4 is 21.6 Å². The molecule has 150 valence electrons. The highest BCUT2D eigenvalue weighted by atomic mass is 32.2. The average molecular weight is 399 g/mol. The maximum absolute atomic E-state index is 12.2. The predicted octanol–water partition coefficient (Wildman–Crippen LogP) is 0.0198. The molecule has 0 unspecified atom stereocenters. The summed E-state index contributed by atoms with van der Waals surface area (Å²) < 4.78 is 41.4. The molecule has 2 aliphatic heterocycles. The van der Waals surface area contributed by atoms with Gasteiger partial charge in [0.1, 0.15) is 0 Å². The second kappa shape index (κ2) is 8.77. The third kappa shape index (κ3) is 5.47. The van der Waals surface area contributed by atoms with Gasteiger partial charge >= 0.3 is 0 Å². The summed E-state index contributed by atoms with van der Waals surface area (Å²) in [6.07, 6.45) is 1.19. The third-order valence-electron chi connectivity index (χ3n) is 4.44. The quantitative estimate of drug-likeness (QED) is 0.658. The average Bonchev–Trinajstić information content (AvgIpc) is 3.09. The highest BCUT2D eigenvalue weighted by Crippen LogP contribution is 2.36. The van der Waals surface area contributed by atoms with Gasteiger partial charge in [-0.3, -0.25) is 14.0 Å². The molecule has 1 aromatic rings. The zero-order chi connectivity index (χ0) is 19.3. The van der Waals surface area contributed by atoms with Crippen molar-refractivity contribution in [3.8, 4) is 11.5 Å². The van der Waals surface area contributed by atoms with E-state index < -0.39 is 10.0 Å². The number of carbonyl (C=O) groups is 1. The SMILES string of the molecule is CS(=O)(=O)N(CCC(=O)NCCN1CCOCC1)c1ccc2c(c1)OCO2. The molecule has 0 saturated carbocycles. The van der Waals surface area contributed by atoms with Crippen molar-refractivity contribution in [1.29, 1.82) is 0 Å². The number of hydrogen-bond acceptors (Lipinski definition) is 7. The van der Waals surface area contributed by atoms with E-state index >= 15 is 0 Å². The monoisotopic (exact) mass is 399 g/mol. The Kier molecular flexibility index (Phi) is 6.40. The second-order valence-electron chi connectivity index (χ2n) is 6.43. The van der Waals surface area contributed by atoms with Crippen LogP contribution in [0.1, 0.15) is 6.42 Å². The molecule has 27 heavy (non-hydrogen) atoms. The summed E-state index contributed by atoms with van der Waals surface area (Å²) in [4.78, 5) is 14.3. The summed E-state index contributed by atoms with van der Waals surface area (Å²) in [6, 6.07) is 4.92. The lowest BCUT2D eigenvalue weighted by atomic mass is 10.2. The van der Waals surface area contributed by atoms with E-state index in [4.69, 9.17) is 14.2 Å². The number of nitrogens with one attached hydrogen (secondary N) is 1. The van der Waals surface area contributed by atoms with E-state index in [0.29, 0.717) is 36.9 Å². The molecule has 0 atom stereocenters. The van der Waals surface area contributed by atoms with Gasteiger partial charge in [0.15, 0.2) is 11.5 Å². The van der Waals surface area contributed by atoms with Crippen molar-refractivity contribution in [2.75, 3.05) is 63.3 Å². The van der Waals surface area contributed by atoms with Crippen LogP contribution in [0.2, 0.25) is 0 Å². The molecule has 1 saturated heterocycles. The van der Waals surface area contributed by atoms with E-state index in [0.717, 1.165) is 25.9 Å². The van der Waals surface area contributed by atoms with Crippen LogP contribution in [0.15, 0.2) is 18.2 Å². The fourth-order valence-electron chi connectivity index (χ4n) is 3.00. The highest BCUT2D eigenvalue weighted by Gasteiger charge is 2.22. The molecule has 1 aromatic carbocycles. The number of rotatable bonds is 8. The Morgan fingerprint density at radius 2 is 1.96 bits per heavy atom. The van der Waals surface area contributed by atoms with E-state index in [9.17, 15) is 13.2 Å². The molecule has 0 aliphatic carbocycles. The molecule has 3 rings (SSSR count). The number of anilines is 1. The van der Waals surface area contributed by atoms with Gasteiger partial charge in [0, 0.05) is 45.2 Å². The lowest BCUT2D eigenvalue weighted by Crippen LogP contribution is -2.42. The first-order valence-electron chi connectivity index (χ1n) is 8.87. The number of benzene rings is 1. The van der Waals surface area contributed by atoms with Crippen LogP contribution in [-0.2, 0) is 19.6 Å². The fraction of sp³-hybridized carbons (Fsp3) is 0.588. The zero-order valence-electron chi connectivity index (χ0n) is 15.3. The van der Waals surface area contributed by atoms with E-state index in [1.54, 1.807) is 18.2 Å². The Labute approximate surface area is 159 Å². The summed E-state index contributed by atoms with van der Waals surface area (Å²) in [5, 5.41) is 2.84. The Hall–Kier alpha value is -2.04. The minimum atomic E-state index is -3.53. The van der Waals surface area contributed by atoms with Gasteiger partial charge in [-0.1, -0.05) is 0 Å². The van der Waals surface area contributed by atoms with Gasteiger partial charge in [-0.15, -0.1) is 0 Å². The van der Waals surface area contributed by atoms with E-state index in [2.05, 4.69) is 10.2 Å². The van der Waals surface area contributed by atoms with Crippen molar-refractivity contribution in [3.05, 3.63) is 18.2 Å². The maximum Gasteiger partial charge on any atom is 0.232 e. The Morgan fingerprint density at radius 1 is 1.22 bits per heavy atom. The number of carbonyl (C=O) groups excluding carboxylic acids is 1. The van der Waals surface area contributed by atoms with Crippen LogP contribution in [0.25, 0.3) is 0 Å². The number of sulfonamides is 1. The van der Waals surface area contributed by atoms with Gasteiger partial charge in [0.2, 0.25) is 22.7 Å². The molecule has 1 amide bonds. The first kappa shape index (κ1) is 19.7. The van der Waals surface area contributed by atoms with Gasteiger partial charge in [-0.05, 0) is 12.1 Å². The van der Waals surface area contributed by atoms with Crippen LogP contribution in [0, 0.1) is 0 Å². The first-order valence-corrected chi connectivity index (χ1v) is 10.7. The van der Waals surface area contributed by atoms with Gasteiger partial charge in [-0.2, -0.15) is 0 Å². The van der Waals surface area contributed by atoms with Crippen LogP contribution < -0.4 is 19.1 Å². The smallest absolute Gasteiger partial charge is 0.232 e. The molecule has 1 N–H and O–H groups in total. The molecule has 9 nitrogen and oxygen atoms in total. The number of nitrogens with zero attached hydrogens (tertiary/aromatic N) is 2. The van der Waals surface area contributed by atoms with E-state index in [1.165, 1.54) is 4.31 Å². The van der Waals surface area contributed by atoms with Gasteiger partial charge < -0.3 is 19.5 Å². The van der Waals surface area contributed by atoms with Crippen LogP contribution in [-0.4, -0.2) is 78.2 Å². The summed E-state index contributed by atoms with van der Waals surface area (Å²) >= 11 is 0. The fourth-order valence-corrected chi connectivity index (χ4v) is 3.92. The first-order chi connectivity index (χ1) is 12.9. The van der Waals surface area contributed by atoms with Gasteiger partial charge in [0.25, 0.3) is 0 Å². The van der Waals surface area contributed by atoms with Crippen LogP contribution in [0.5, 0.6) is 11.5 Å². The molecular formula is C17H25N3O6S. The summed E-state index contributed by atoms with van der Waals surface area (Å²) in [7, 11) is -3.53. The lowest BCUT2D eigenvalue weighted by Gasteiger charge is -2.26. The van der Waals surface area contributed by atoms with Gasteiger partial charge in [-0.25, -0.2) is 8.42 Å². The van der Waals surface area contributed by atoms with E-state index in [1.807, 2.05) is 0 Å². The molecule has 2 heterocycles. The van der Waals surface area contributed by atoms with Crippen molar-refractivity contribution in [2.45, 2.75) is 6.42 Å². The third-order valence-corrected chi connectivity index (χ3v) is 5.63. The minimum absolute atomic E-state index is 0.0574. The lowest BCUT2D eigenvalue weighted by molar-refractivity contribution is -0.120. The minimum Gasteiger partial charge on any atom is -0.454 e. The topological polar surface area (TPSA) is 97.4 Å². The molecule has 0 radical (unpaired) electrons. The number of fused-ring (bicyclic) bond motifs is 1. The maximum atomic E-state index is 12.2. The largest absolute Gasteiger partial charge is 0.454 e.